The monoisotopic (exact) mass is 345 g/mol. The number of carbonyl (C=O) groups excluding carboxylic acids is 1. The molecule has 126 valence electrons. The first kappa shape index (κ1) is 17.7. The zero-order chi connectivity index (χ0) is 17.2. The minimum absolute atomic E-state index is 0.100. The Morgan fingerprint density at radius 1 is 1.21 bits per heavy atom. The van der Waals surface area contributed by atoms with Gasteiger partial charge in [-0.25, -0.2) is 4.99 Å². The van der Waals surface area contributed by atoms with Gasteiger partial charge in [-0.05, 0) is 30.7 Å². The van der Waals surface area contributed by atoms with Crippen LogP contribution in [0.5, 0.6) is 0 Å². The topological polar surface area (TPSA) is 78.4 Å². The molecule has 1 heterocycles. The number of aromatic nitrogens is 1. The van der Waals surface area contributed by atoms with Crippen molar-refractivity contribution < 1.29 is 4.79 Å². The van der Waals surface area contributed by atoms with Crippen LogP contribution in [0.15, 0.2) is 53.8 Å². The van der Waals surface area contributed by atoms with Crippen LogP contribution in [0.1, 0.15) is 12.5 Å². The van der Waals surface area contributed by atoms with E-state index in [1.165, 1.54) is 0 Å². The third-order valence-electron chi connectivity index (χ3n) is 3.07. The molecule has 0 unspecified atom stereocenters. The third-order valence-corrected chi connectivity index (χ3v) is 3.44. The van der Waals surface area contributed by atoms with Crippen LogP contribution in [0.2, 0.25) is 5.02 Å². The third kappa shape index (κ3) is 5.89. The first-order valence-corrected chi connectivity index (χ1v) is 8.02. The highest BCUT2D eigenvalue weighted by molar-refractivity contribution is 6.31. The molecule has 1 aromatic heterocycles. The van der Waals surface area contributed by atoms with Crippen LogP contribution < -0.4 is 16.0 Å². The Bertz CT molecular complexity index is 690. The lowest BCUT2D eigenvalue weighted by Crippen LogP contribution is -2.41. The maximum atomic E-state index is 11.9. The first-order chi connectivity index (χ1) is 11.7. The summed E-state index contributed by atoms with van der Waals surface area (Å²) in [5.74, 6) is 0.380. The fourth-order valence-electron chi connectivity index (χ4n) is 1.94. The second-order valence-corrected chi connectivity index (χ2v) is 5.34. The van der Waals surface area contributed by atoms with Crippen LogP contribution in [0, 0.1) is 0 Å². The summed E-state index contributed by atoms with van der Waals surface area (Å²) in [5.41, 5.74) is 1.58. The number of pyridine rings is 1. The number of anilines is 1. The molecule has 2 aromatic rings. The maximum Gasteiger partial charge on any atom is 0.243 e. The van der Waals surface area contributed by atoms with Crippen molar-refractivity contribution >= 4 is 29.2 Å². The molecule has 0 spiro atoms. The number of hydrogen-bond acceptors (Lipinski definition) is 3. The lowest BCUT2D eigenvalue weighted by Gasteiger charge is -2.11. The number of guanidine groups is 1. The van der Waals surface area contributed by atoms with E-state index in [-0.39, 0.29) is 12.5 Å². The Labute approximate surface area is 146 Å². The molecule has 0 atom stereocenters. The summed E-state index contributed by atoms with van der Waals surface area (Å²) >= 11 is 6.12. The molecule has 1 amide bonds. The van der Waals surface area contributed by atoms with E-state index in [0.29, 0.717) is 29.8 Å². The van der Waals surface area contributed by atoms with E-state index in [1.807, 2.05) is 31.2 Å². The number of amides is 1. The molecule has 0 bridgehead atoms. The molecule has 24 heavy (non-hydrogen) atoms. The highest BCUT2D eigenvalue weighted by atomic mass is 35.5. The second-order valence-electron chi connectivity index (χ2n) is 4.93. The van der Waals surface area contributed by atoms with E-state index in [2.05, 4.69) is 25.9 Å². The van der Waals surface area contributed by atoms with Crippen molar-refractivity contribution in [2.75, 3.05) is 18.4 Å². The van der Waals surface area contributed by atoms with Crippen molar-refractivity contribution in [1.82, 2.24) is 15.6 Å². The predicted molar refractivity (Wildman–Crippen MR) is 97.1 cm³/mol. The summed E-state index contributed by atoms with van der Waals surface area (Å²) in [4.78, 5) is 20.3. The molecule has 0 aliphatic carbocycles. The van der Waals surface area contributed by atoms with Gasteiger partial charge in [0.25, 0.3) is 0 Å². The van der Waals surface area contributed by atoms with Gasteiger partial charge in [-0.1, -0.05) is 29.8 Å². The molecular formula is C17H20ClN5O. The van der Waals surface area contributed by atoms with Crippen LogP contribution in [-0.4, -0.2) is 29.9 Å². The lowest BCUT2D eigenvalue weighted by atomic mass is 10.2. The second kappa shape index (κ2) is 9.52. The van der Waals surface area contributed by atoms with E-state index in [1.54, 1.807) is 24.5 Å². The van der Waals surface area contributed by atoms with Gasteiger partial charge in [0.15, 0.2) is 5.96 Å². The fraction of sp³-hybridized carbons (Fsp3) is 0.235. The highest BCUT2D eigenvalue weighted by Gasteiger charge is 2.05. The molecule has 0 fully saturated rings. The number of nitrogens with one attached hydrogen (secondary N) is 3. The molecule has 7 heteroatoms. The first-order valence-electron chi connectivity index (χ1n) is 7.64. The van der Waals surface area contributed by atoms with Gasteiger partial charge in [0.1, 0.15) is 0 Å². The SMILES string of the molecule is CCNC(=NCc1ccccc1Cl)NCC(=O)Nc1cccnc1. The van der Waals surface area contributed by atoms with Crippen molar-refractivity contribution in [3.05, 3.63) is 59.4 Å². The average molecular weight is 346 g/mol. The summed E-state index contributed by atoms with van der Waals surface area (Å²) in [6.45, 7) is 3.18. The summed E-state index contributed by atoms with van der Waals surface area (Å²) < 4.78 is 0. The lowest BCUT2D eigenvalue weighted by molar-refractivity contribution is -0.115. The minimum Gasteiger partial charge on any atom is -0.357 e. The van der Waals surface area contributed by atoms with Gasteiger partial charge >= 0.3 is 0 Å². The number of aliphatic imine (C=N–C) groups is 1. The van der Waals surface area contributed by atoms with Crippen molar-refractivity contribution in [3.8, 4) is 0 Å². The van der Waals surface area contributed by atoms with Crippen molar-refractivity contribution in [2.24, 2.45) is 4.99 Å². The van der Waals surface area contributed by atoms with Gasteiger partial charge < -0.3 is 16.0 Å². The van der Waals surface area contributed by atoms with E-state index in [0.717, 1.165) is 5.56 Å². The predicted octanol–water partition coefficient (Wildman–Crippen LogP) is 2.43. The molecular weight excluding hydrogens is 326 g/mol. The van der Waals surface area contributed by atoms with Gasteiger partial charge in [0.05, 0.1) is 25.0 Å². The molecule has 0 saturated heterocycles. The normalized spacial score (nSPS) is 11.0. The molecule has 0 aliphatic rings. The Morgan fingerprint density at radius 2 is 2.04 bits per heavy atom. The Kier molecular flexibility index (Phi) is 7.04. The van der Waals surface area contributed by atoms with Crippen molar-refractivity contribution in [1.29, 1.82) is 0 Å². The highest BCUT2D eigenvalue weighted by Crippen LogP contribution is 2.15. The van der Waals surface area contributed by atoms with Crippen LogP contribution in [-0.2, 0) is 11.3 Å². The Hall–Kier alpha value is -2.60. The summed E-state index contributed by atoms with van der Waals surface area (Å²) in [6.07, 6.45) is 3.24. The zero-order valence-electron chi connectivity index (χ0n) is 13.4. The molecule has 2 rings (SSSR count). The van der Waals surface area contributed by atoms with Gasteiger partial charge in [-0.3, -0.25) is 9.78 Å². The van der Waals surface area contributed by atoms with Crippen molar-refractivity contribution in [2.45, 2.75) is 13.5 Å². The maximum absolute atomic E-state index is 11.9. The van der Waals surface area contributed by atoms with Crippen LogP contribution in [0.25, 0.3) is 0 Å². The number of benzene rings is 1. The van der Waals surface area contributed by atoms with Gasteiger partial charge in [0, 0.05) is 17.8 Å². The zero-order valence-corrected chi connectivity index (χ0v) is 14.2. The molecule has 1 aromatic carbocycles. The summed E-state index contributed by atoms with van der Waals surface area (Å²) in [6, 6.07) is 11.1. The van der Waals surface area contributed by atoms with Gasteiger partial charge in [-0.2, -0.15) is 0 Å². The van der Waals surface area contributed by atoms with Gasteiger partial charge in [-0.15, -0.1) is 0 Å². The Morgan fingerprint density at radius 3 is 2.75 bits per heavy atom. The van der Waals surface area contributed by atoms with E-state index in [9.17, 15) is 4.79 Å². The largest absolute Gasteiger partial charge is 0.357 e. The quantitative estimate of drug-likeness (QED) is 0.555. The van der Waals surface area contributed by atoms with Crippen LogP contribution in [0.4, 0.5) is 5.69 Å². The molecule has 6 nitrogen and oxygen atoms in total. The fourth-order valence-corrected chi connectivity index (χ4v) is 2.13. The molecule has 0 radical (unpaired) electrons. The van der Waals surface area contributed by atoms with Crippen LogP contribution >= 0.6 is 11.6 Å². The van der Waals surface area contributed by atoms with E-state index >= 15 is 0 Å². The smallest absolute Gasteiger partial charge is 0.243 e. The number of hydrogen-bond donors (Lipinski definition) is 3. The minimum atomic E-state index is -0.175. The molecule has 0 aliphatic heterocycles. The Balaban J connectivity index is 1.89. The number of nitrogens with zero attached hydrogens (tertiary/aromatic N) is 2. The number of carbonyl (C=O) groups is 1. The summed E-state index contributed by atoms with van der Waals surface area (Å²) in [5, 5.41) is 9.52. The summed E-state index contributed by atoms with van der Waals surface area (Å²) in [7, 11) is 0. The van der Waals surface area contributed by atoms with Gasteiger partial charge in [0.2, 0.25) is 5.91 Å². The standard InChI is InChI=1S/C17H20ClN5O/c1-2-20-17(21-10-13-6-3-4-8-15(13)18)22-12-16(24)23-14-7-5-9-19-11-14/h3-9,11H,2,10,12H2,1H3,(H,23,24)(H2,20,21,22). The number of rotatable bonds is 6. The van der Waals surface area contributed by atoms with Crippen LogP contribution in [0.3, 0.4) is 0 Å². The molecule has 3 N–H and O–H groups in total. The van der Waals surface area contributed by atoms with Crippen molar-refractivity contribution in [3.63, 3.8) is 0 Å². The molecule has 0 saturated carbocycles. The average Bonchev–Trinajstić information content (AvgIpc) is 2.59. The van der Waals surface area contributed by atoms with E-state index in [4.69, 9.17) is 11.6 Å². The van der Waals surface area contributed by atoms with E-state index < -0.39 is 0 Å². The number of halogens is 1.